The molecule has 0 saturated carbocycles. The van der Waals surface area contributed by atoms with E-state index in [4.69, 9.17) is 10.8 Å². The minimum absolute atomic E-state index is 0.0149. The van der Waals surface area contributed by atoms with Crippen molar-refractivity contribution in [3.05, 3.63) is 29.8 Å². The number of unbranched alkanes of at least 4 members (excludes halogenated alkanes) is 3. The van der Waals surface area contributed by atoms with Crippen LogP contribution in [0.1, 0.15) is 82.6 Å². The lowest BCUT2D eigenvalue weighted by molar-refractivity contribution is -0.137. The number of phenols is 1. The maximum absolute atomic E-state index is 13.5. The fourth-order valence-electron chi connectivity index (χ4n) is 7.24. The van der Waals surface area contributed by atoms with Gasteiger partial charge in [-0.3, -0.25) is 44.2 Å². The first-order valence-electron chi connectivity index (χ1n) is 21.7. The first-order valence-corrected chi connectivity index (χ1v) is 22.3. The fraction of sp³-hybridized carbons (Fsp3) is 0.683. The molecule has 0 aromatic heterocycles. The molecule has 0 spiro atoms. The number of fused-ring (bicyclic) bond motifs is 5. The van der Waals surface area contributed by atoms with Gasteiger partial charge in [0.2, 0.25) is 29.5 Å². The van der Waals surface area contributed by atoms with Crippen molar-refractivity contribution in [2.24, 2.45) is 5.73 Å². The lowest BCUT2D eigenvalue weighted by atomic mass is 9.98. The van der Waals surface area contributed by atoms with Crippen LogP contribution < -0.4 is 58.9 Å². The number of hydrogen-bond donors (Lipinski definition) is 14. The highest BCUT2D eigenvalue weighted by Crippen LogP contribution is 2.15. The maximum atomic E-state index is 13.5. The minimum Gasteiger partial charge on any atom is -0.508 e. The number of phenolic OH excluding ortho intramolecular Hbond substituents is 1. The molecule has 62 heavy (non-hydrogen) atoms. The van der Waals surface area contributed by atoms with Crippen LogP contribution in [0.15, 0.2) is 24.3 Å². The van der Waals surface area contributed by atoms with Gasteiger partial charge in [0.1, 0.15) is 23.1 Å². The molecule has 5 amide bonds. The van der Waals surface area contributed by atoms with Gasteiger partial charge >= 0.3 is 5.97 Å². The zero-order chi connectivity index (χ0) is 45.2. The van der Waals surface area contributed by atoms with E-state index in [9.17, 15) is 38.7 Å². The Morgan fingerprint density at radius 3 is 1.50 bits per heavy atom. The number of carbonyl (C=O) groups is 7. The predicted molar refractivity (Wildman–Crippen MR) is 236 cm³/mol. The zero-order valence-electron chi connectivity index (χ0n) is 35.7. The van der Waals surface area contributed by atoms with Crippen LogP contribution in [0, 0.1) is 0 Å². The second-order valence-electron chi connectivity index (χ2n) is 16.0. The number of hydrogen-bond acceptors (Lipinski definition) is 15. The number of benzene rings is 1. The fourth-order valence-corrected chi connectivity index (χ4v) is 7.51. The number of carboxylic acid groups (broad SMARTS) is 1. The Morgan fingerprint density at radius 2 is 1.03 bits per heavy atom. The highest BCUT2D eigenvalue weighted by atomic mass is 32.1. The van der Waals surface area contributed by atoms with Crippen molar-refractivity contribution in [2.75, 3.05) is 71.2 Å². The van der Waals surface area contributed by atoms with Crippen molar-refractivity contribution in [1.29, 1.82) is 0 Å². The summed E-state index contributed by atoms with van der Waals surface area (Å²) in [6, 6.07) is 4.79. The van der Waals surface area contributed by atoms with Crippen LogP contribution in [0.25, 0.3) is 0 Å². The summed E-state index contributed by atoms with van der Waals surface area (Å²) >= 11 is 4.03. The number of primary amides is 1. The van der Waals surface area contributed by atoms with Crippen molar-refractivity contribution < 1.29 is 43.8 Å². The van der Waals surface area contributed by atoms with Crippen molar-refractivity contribution in [1.82, 2.24) is 53.2 Å². The van der Waals surface area contributed by atoms with E-state index in [1.54, 1.807) is 12.1 Å². The Labute approximate surface area is 369 Å². The van der Waals surface area contributed by atoms with Crippen LogP contribution >= 0.6 is 12.6 Å². The normalized spacial score (nSPS) is 20.9. The molecule has 1 aromatic rings. The highest BCUT2D eigenvalue weighted by molar-refractivity contribution is 7.80. The monoisotopic (exact) mass is 892 g/mol. The van der Waals surface area contributed by atoms with E-state index >= 15 is 0 Å². The van der Waals surface area contributed by atoms with Gasteiger partial charge in [-0.05, 0) is 49.8 Å². The summed E-state index contributed by atoms with van der Waals surface area (Å²) in [5, 5.41) is 51.1. The SMILES string of the molecule is NC(=O)C(CS)NC(=O)CCCCCCC(=O)[C@H](Cc1ccc(O)cc1)NC(=O)CCCC(=O)NC12CNCCNCC(NC(=O)CCCC(=O)O)(CNCCNC1)NCCN2. The summed E-state index contributed by atoms with van der Waals surface area (Å²) in [5.74, 6) is -2.72. The van der Waals surface area contributed by atoms with Crippen molar-refractivity contribution in [3.8, 4) is 5.75 Å². The standard InChI is InChI=1S/C41H69N11O9S/c42-39(61)32(24-62)50-34(55)8-4-2-1-3-7-33(54)31(23-29-13-15-30(53)16-14-29)49-35(56)9-5-10-36(57)51-40-25-43-17-19-45-27-41(48-22-21-47-40,28-46-20-18-44-26-40)52-37(58)11-6-12-38(59)60/h13-16,31-32,43-48,53,62H,1-12,17-28H2,(H2,42,61)(H,49,56)(H,50,55)(H,51,57)(H,52,58)(H,59,60)/t31-,32?,40?,41?/m0/s1. The van der Waals surface area contributed by atoms with Crippen LogP contribution in [0.4, 0.5) is 0 Å². The van der Waals surface area contributed by atoms with Crippen LogP contribution in [-0.4, -0.2) is 146 Å². The Balaban J connectivity index is 1.54. The third-order valence-corrected chi connectivity index (χ3v) is 11.0. The molecule has 2 atom stereocenters. The van der Waals surface area contributed by atoms with Gasteiger partial charge in [-0.25, -0.2) is 0 Å². The van der Waals surface area contributed by atoms with Crippen LogP contribution in [0.2, 0.25) is 0 Å². The number of carboxylic acids is 1. The van der Waals surface area contributed by atoms with E-state index in [0.717, 1.165) is 5.56 Å². The molecule has 0 radical (unpaired) electrons. The Morgan fingerprint density at radius 1 is 0.597 bits per heavy atom. The molecule has 2 aliphatic heterocycles. The number of aromatic hydroxyl groups is 1. The Hall–Kier alpha value is -4.38. The first-order chi connectivity index (χ1) is 29.7. The molecule has 14 N–H and O–H groups in total. The molecule has 0 aliphatic carbocycles. The molecular formula is C41H69N11O9S. The molecule has 1 unspecified atom stereocenters. The summed E-state index contributed by atoms with van der Waals surface area (Å²) < 4.78 is 0. The summed E-state index contributed by atoms with van der Waals surface area (Å²) in [6.45, 7) is 4.76. The number of aliphatic carboxylic acids is 1. The highest BCUT2D eigenvalue weighted by Gasteiger charge is 2.35. The van der Waals surface area contributed by atoms with Gasteiger partial charge in [0.15, 0.2) is 5.78 Å². The Bertz CT molecular complexity index is 1590. The van der Waals surface area contributed by atoms with Gasteiger partial charge in [0.05, 0.1) is 6.04 Å². The zero-order valence-corrected chi connectivity index (χ0v) is 36.6. The summed E-state index contributed by atoms with van der Waals surface area (Å²) in [7, 11) is 0. The van der Waals surface area contributed by atoms with Gasteiger partial charge in [0, 0.05) is 110 Å². The number of rotatable bonds is 24. The number of carbonyl (C=O) groups excluding carboxylic acids is 6. The van der Waals surface area contributed by atoms with E-state index in [2.05, 4.69) is 65.8 Å². The second kappa shape index (κ2) is 28.3. The summed E-state index contributed by atoms with van der Waals surface area (Å²) in [5.41, 5.74) is 4.27. The van der Waals surface area contributed by atoms with E-state index in [1.807, 2.05) is 0 Å². The largest absolute Gasteiger partial charge is 0.508 e. The number of amides is 5. The smallest absolute Gasteiger partial charge is 0.303 e. The lowest BCUT2D eigenvalue weighted by Gasteiger charge is -2.41. The minimum atomic E-state index is -0.951. The third-order valence-electron chi connectivity index (χ3n) is 10.6. The molecular weight excluding hydrogens is 823 g/mol. The second-order valence-corrected chi connectivity index (χ2v) is 16.4. The number of thiol groups is 1. The van der Waals surface area contributed by atoms with Gasteiger partial charge < -0.3 is 58.5 Å². The molecule has 2 saturated heterocycles. The molecule has 21 heteroatoms. The van der Waals surface area contributed by atoms with E-state index in [-0.39, 0.29) is 98.7 Å². The third kappa shape index (κ3) is 20.7. The average molecular weight is 892 g/mol. The van der Waals surface area contributed by atoms with Crippen molar-refractivity contribution in [3.63, 3.8) is 0 Å². The molecule has 20 nitrogen and oxygen atoms in total. The van der Waals surface area contributed by atoms with Crippen LogP contribution in [-0.2, 0) is 40.0 Å². The van der Waals surface area contributed by atoms with E-state index in [0.29, 0.717) is 91.1 Å². The number of nitrogens with one attached hydrogen (secondary N) is 10. The van der Waals surface area contributed by atoms with Crippen molar-refractivity contribution in [2.45, 2.75) is 107 Å². The molecule has 2 aliphatic rings. The molecule has 2 heterocycles. The quantitative estimate of drug-likeness (QED) is 0.0389. The van der Waals surface area contributed by atoms with Crippen LogP contribution in [0.5, 0.6) is 5.75 Å². The van der Waals surface area contributed by atoms with Gasteiger partial charge in [-0.1, -0.05) is 25.0 Å². The van der Waals surface area contributed by atoms with Crippen LogP contribution in [0.3, 0.4) is 0 Å². The van der Waals surface area contributed by atoms with E-state index in [1.165, 1.54) is 12.1 Å². The molecule has 2 fully saturated rings. The topological polar surface area (TPSA) is 306 Å². The number of ketones is 1. The maximum Gasteiger partial charge on any atom is 0.303 e. The van der Waals surface area contributed by atoms with Gasteiger partial charge in [-0.15, -0.1) is 0 Å². The molecule has 2 bridgehead atoms. The van der Waals surface area contributed by atoms with Crippen molar-refractivity contribution >= 4 is 53.9 Å². The predicted octanol–water partition coefficient (Wildman–Crippen LogP) is -2.16. The molecule has 1 aromatic carbocycles. The van der Waals surface area contributed by atoms with E-state index < -0.39 is 35.3 Å². The summed E-state index contributed by atoms with van der Waals surface area (Å²) in [4.78, 5) is 87.5. The lowest BCUT2D eigenvalue weighted by Crippen LogP contribution is -2.73. The first kappa shape index (κ1) is 52.0. The number of Topliss-reactive ketones (excluding diaryl/α,β-unsaturated/α-hetero) is 1. The summed E-state index contributed by atoms with van der Waals surface area (Å²) in [6.07, 6.45) is 3.68. The number of nitrogens with two attached hydrogens (primary N) is 1. The van der Waals surface area contributed by atoms with Gasteiger partial charge in [0.25, 0.3) is 0 Å². The molecule has 348 valence electrons. The Kier molecular flexibility index (Phi) is 23.8. The van der Waals surface area contributed by atoms with Gasteiger partial charge in [-0.2, -0.15) is 12.6 Å². The average Bonchev–Trinajstić information content (AvgIpc) is 3.21. The molecule has 3 rings (SSSR count).